The number of nitrogens with zero attached hydrogens (tertiary/aromatic N) is 5. The maximum Gasteiger partial charge on any atom is 0.300 e. The molecule has 2 aromatic carbocycles. The van der Waals surface area contributed by atoms with E-state index in [4.69, 9.17) is 16.3 Å². The van der Waals surface area contributed by atoms with Crippen molar-refractivity contribution in [2.24, 2.45) is 0 Å². The largest absolute Gasteiger partial charge is 0.457 e. The Labute approximate surface area is 219 Å². The summed E-state index contributed by atoms with van der Waals surface area (Å²) in [5.41, 5.74) is 1.03. The van der Waals surface area contributed by atoms with E-state index in [9.17, 15) is 18.4 Å². The number of nitrogens with one attached hydrogen (secondary N) is 1. The molecule has 0 radical (unpaired) electrons. The Kier molecular flexibility index (Phi) is 6.84. The van der Waals surface area contributed by atoms with Crippen molar-refractivity contribution >= 4 is 40.2 Å². The van der Waals surface area contributed by atoms with Crippen LogP contribution < -0.4 is 15.6 Å². The van der Waals surface area contributed by atoms with Gasteiger partial charge in [-0.2, -0.15) is 18.7 Å². The Morgan fingerprint density at radius 3 is 2.34 bits per heavy atom. The van der Waals surface area contributed by atoms with Crippen molar-refractivity contribution in [1.29, 1.82) is 0 Å². The zero-order chi connectivity index (χ0) is 26.8. The second-order valence-corrected chi connectivity index (χ2v) is 8.60. The van der Waals surface area contributed by atoms with Gasteiger partial charge in [-0.05, 0) is 55.5 Å². The molecule has 1 N–H and O–H groups in total. The molecule has 0 unspecified atom stereocenters. The normalized spacial score (nSPS) is 11.1. The van der Waals surface area contributed by atoms with Crippen LogP contribution >= 0.6 is 11.6 Å². The van der Waals surface area contributed by atoms with Crippen LogP contribution in [0.25, 0.3) is 11.2 Å². The van der Waals surface area contributed by atoms with Gasteiger partial charge in [-0.1, -0.05) is 11.6 Å². The number of anilines is 2. The highest BCUT2D eigenvalue weighted by Crippen LogP contribution is 2.26. The average molecular weight is 537 g/mol. The summed E-state index contributed by atoms with van der Waals surface area (Å²) < 4.78 is 35.4. The van der Waals surface area contributed by atoms with Crippen molar-refractivity contribution in [3.63, 3.8) is 0 Å². The predicted molar refractivity (Wildman–Crippen MR) is 137 cm³/mol. The lowest BCUT2D eigenvalue weighted by Crippen LogP contribution is -2.22. The van der Waals surface area contributed by atoms with Gasteiger partial charge in [0.05, 0.1) is 12.9 Å². The van der Waals surface area contributed by atoms with Crippen LogP contribution in [0.4, 0.5) is 20.4 Å². The zero-order valence-corrected chi connectivity index (χ0v) is 20.6. The van der Waals surface area contributed by atoms with Crippen molar-refractivity contribution in [2.45, 2.75) is 20.0 Å². The Balaban J connectivity index is 1.47. The number of aromatic nitrogens is 5. The summed E-state index contributed by atoms with van der Waals surface area (Å²) in [7, 11) is 0. The zero-order valence-electron chi connectivity index (χ0n) is 19.9. The number of fused-ring (bicyclic) bond motifs is 1. The van der Waals surface area contributed by atoms with Gasteiger partial charge in [0.1, 0.15) is 11.5 Å². The van der Waals surface area contributed by atoms with Crippen molar-refractivity contribution in [2.75, 3.05) is 5.32 Å². The number of Topliss-reactive ketones (excluding diaryl/α,β-unsaturated/α-hetero) is 1. The van der Waals surface area contributed by atoms with Crippen molar-refractivity contribution < 1.29 is 18.3 Å². The number of ether oxygens (including phenoxy) is 1. The standard InChI is InChI=1S/C26H19ClF2N6O3/c1-2-34-14-30-24-23(34)25(37)33-26(35(24)13-20(36)15-3-5-16(27)6-4-15)31-17-7-9-18(10-8-17)38-19-11-21(28)32-22(29)12-19/h3-12,14H,2,13H2,1H3,(H,31,33,37). The van der Waals surface area contributed by atoms with Crippen LogP contribution in [0, 0.1) is 11.9 Å². The molecule has 0 fully saturated rings. The first kappa shape index (κ1) is 25.0. The van der Waals surface area contributed by atoms with E-state index in [0.29, 0.717) is 34.2 Å². The first-order chi connectivity index (χ1) is 18.3. The highest BCUT2D eigenvalue weighted by Gasteiger charge is 2.19. The van der Waals surface area contributed by atoms with E-state index < -0.39 is 17.5 Å². The van der Waals surface area contributed by atoms with E-state index in [0.717, 1.165) is 12.1 Å². The first-order valence-electron chi connectivity index (χ1n) is 11.4. The first-order valence-corrected chi connectivity index (χ1v) is 11.8. The van der Waals surface area contributed by atoms with Crippen LogP contribution in [0.1, 0.15) is 17.3 Å². The third-order valence-electron chi connectivity index (χ3n) is 5.63. The third-order valence-corrected chi connectivity index (χ3v) is 5.88. The van der Waals surface area contributed by atoms with E-state index in [2.05, 4.69) is 20.3 Å². The number of imidazole rings is 1. The number of benzene rings is 2. The summed E-state index contributed by atoms with van der Waals surface area (Å²) in [5.74, 6) is -1.88. The molecule has 3 heterocycles. The van der Waals surface area contributed by atoms with Gasteiger partial charge in [0.2, 0.25) is 17.8 Å². The molecule has 0 saturated heterocycles. The minimum Gasteiger partial charge on any atom is -0.457 e. The number of hydrogen-bond donors (Lipinski definition) is 1. The second kappa shape index (κ2) is 10.4. The van der Waals surface area contributed by atoms with Crippen molar-refractivity contribution in [3.05, 3.63) is 99.8 Å². The Hall–Kier alpha value is -4.64. The molecule has 0 bridgehead atoms. The maximum atomic E-state index is 13.3. The molecule has 0 saturated carbocycles. The van der Waals surface area contributed by atoms with Gasteiger partial charge in [0.25, 0.3) is 0 Å². The predicted octanol–water partition coefficient (Wildman–Crippen LogP) is 5.36. The van der Waals surface area contributed by atoms with E-state index in [1.54, 1.807) is 53.1 Å². The quantitative estimate of drug-likeness (QED) is 0.210. The fraction of sp³-hybridized carbons (Fsp3) is 0.115. The van der Waals surface area contributed by atoms with Crippen LogP contribution in [-0.4, -0.2) is 29.9 Å². The molecule has 0 aliphatic rings. The summed E-state index contributed by atoms with van der Waals surface area (Å²) in [5, 5.41) is 3.56. The minimum absolute atomic E-state index is 0.0520. The van der Waals surface area contributed by atoms with Crippen LogP contribution in [0.15, 0.2) is 71.8 Å². The lowest BCUT2D eigenvalue weighted by Gasteiger charge is -2.15. The van der Waals surface area contributed by atoms with Crippen LogP contribution in [0.3, 0.4) is 0 Å². The Bertz CT molecular complexity index is 1680. The molecule has 0 atom stereocenters. The van der Waals surface area contributed by atoms with Gasteiger partial charge >= 0.3 is 5.56 Å². The van der Waals surface area contributed by atoms with Gasteiger partial charge in [-0.3, -0.25) is 14.2 Å². The van der Waals surface area contributed by atoms with Gasteiger partial charge in [-0.25, -0.2) is 4.98 Å². The monoisotopic (exact) mass is 536 g/mol. The maximum absolute atomic E-state index is 13.3. The molecular formula is C26H19ClF2N6O3. The summed E-state index contributed by atoms with van der Waals surface area (Å²) in [6, 6.07) is 14.8. The van der Waals surface area contributed by atoms with E-state index in [-0.39, 0.29) is 29.5 Å². The molecule has 5 rings (SSSR count). The summed E-state index contributed by atoms with van der Waals surface area (Å²) >= 11 is 5.95. The number of aryl methyl sites for hydroxylation is 1. The number of carbonyl (C=O) groups is 1. The molecule has 0 spiro atoms. The fourth-order valence-electron chi connectivity index (χ4n) is 3.83. The fourth-order valence-corrected chi connectivity index (χ4v) is 3.95. The molecule has 192 valence electrons. The molecule has 0 aliphatic carbocycles. The summed E-state index contributed by atoms with van der Waals surface area (Å²) in [4.78, 5) is 37.6. The second-order valence-electron chi connectivity index (χ2n) is 8.16. The van der Waals surface area contributed by atoms with Crippen LogP contribution in [-0.2, 0) is 13.1 Å². The lowest BCUT2D eigenvalue weighted by molar-refractivity contribution is 0.0973. The molecule has 0 aliphatic heterocycles. The highest BCUT2D eigenvalue weighted by atomic mass is 35.5. The topological polar surface area (TPSA) is 104 Å². The van der Waals surface area contributed by atoms with Crippen molar-refractivity contribution in [1.82, 2.24) is 24.1 Å². The molecule has 9 nitrogen and oxygen atoms in total. The molecular weight excluding hydrogens is 518 g/mol. The Morgan fingerprint density at radius 1 is 1.00 bits per heavy atom. The third kappa shape index (κ3) is 5.23. The summed E-state index contributed by atoms with van der Waals surface area (Å²) in [6.07, 6.45) is 1.53. The van der Waals surface area contributed by atoms with Crippen LogP contribution in [0.2, 0.25) is 5.02 Å². The highest BCUT2D eigenvalue weighted by molar-refractivity contribution is 6.30. The van der Waals surface area contributed by atoms with Gasteiger partial charge in [-0.15, -0.1) is 0 Å². The molecule has 5 aromatic rings. The molecule has 0 amide bonds. The number of carbonyl (C=O) groups excluding carboxylic acids is 1. The van der Waals surface area contributed by atoms with Gasteiger partial charge in [0.15, 0.2) is 16.9 Å². The van der Waals surface area contributed by atoms with Crippen molar-refractivity contribution in [3.8, 4) is 11.5 Å². The average Bonchev–Trinajstić information content (AvgIpc) is 3.32. The van der Waals surface area contributed by atoms with E-state index in [1.165, 1.54) is 10.9 Å². The van der Waals surface area contributed by atoms with Crippen LogP contribution in [0.5, 0.6) is 11.5 Å². The number of rotatable bonds is 8. The smallest absolute Gasteiger partial charge is 0.300 e. The Morgan fingerprint density at radius 2 is 1.68 bits per heavy atom. The number of pyridine rings is 1. The molecule has 12 heteroatoms. The lowest BCUT2D eigenvalue weighted by atomic mass is 10.1. The number of hydrogen-bond acceptors (Lipinski definition) is 7. The minimum atomic E-state index is -1.00. The number of halogens is 3. The SMILES string of the molecule is CCn1cnc2c1c(=O)nc(Nc1ccc(Oc3cc(F)nc(F)c3)cc1)n2CC(=O)c1ccc(Cl)cc1. The number of ketones is 1. The van der Waals surface area contributed by atoms with Gasteiger partial charge < -0.3 is 14.6 Å². The summed E-state index contributed by atoms with van der Waals surface area (Å²) in [6.45, 7) is 2.22. The van der Waals surface area contributed by atoms with E-state index >= 15 is 0 Å². The van der Waals surface area contributed by atoms with Gasteiger partial charge in [0, 0.05) is 35.0 Å². The molecule has 38 heavy (non-hydrogen) atoms. The molecule has 3 aromatic heterocycles. The van der Waals surface area contributed by atoms with E-state index in [1.807, 2.05) is 6.92 Å².